The van der Waals surface area contributed by atoms with Crippen LogP contribution in [0.15, 0.2) is 33.9 Å². The van der Waals surface area contributed by atoms with Crippen LogP contribution in [0.2, 0.25) is 0 Å². The molecule has 1 saturated heterocycles. The Bertz CT molecular complexity index is 629. The molecule has 1 aliphatic rings. The molecular weight excluding hydrogens is 293 g/mol. The Balaban J connectivity index is 1.72. The molecular formula is C14H14FN3O2S. The van der Waals surface area contributed by atoms with Crippen molar-refractivity contribution in [2.75, 3.05) is 6.54 Å². The zero-order valence-corrected chi connectivity index (χ0v) is 12.0. The van der Waals surface area contributed by atoms with Crippen LogP contribution in [0.3, 0.4) is 0 Å². The Labute approximate surface area is 125 Å². The van der Waals surface area contributed by atoms with Crippen LogP contribution in [0.25, 0.3) is 11.5 Å². The molecule has 1 amide bonds. The first-order valence-corrected chi connectivity index (χ1v) is 7.64. The molecule has 2 heterocycles. The van der Waals surface area contributed by atoms with Gasteiger partial charge in [-0.05, 0) is 37.1 Å². The van der Waals surface area contributed by atoms with Gasteiger partial charge in [0.05, 0.1) is 5.25 Å². The van der Waals surface area contributed by atoms with Crippen molar-refractivity contribution in [1.29, 1.82) is 0 Å². The molecule has 1 aliphatic heterocycles. The van der Waals surface area contributed by atoms with E-state index >= 15 is 0 Å². The van der Waals surface area contributed by atoms with Crippen molar-refractivity contribution in [1.82, 2.24) is 15.5 Å². The van der Waals surface area contributed by atoms with Crippen molar-refractivity contribution < 1.29 is 13.6 Å². The molecule has 3 rings (SSSR count). The summed E-state index contributed by atoms with van der Waals surface area (Å²) in [5.41, 5.74) is 0.654. The van der Waals surface area contributed by atoms with Crippen molar-refractivity contribution in [3.63, 3.8) is 0 Å². The van der Waals surface area contributed by atoms with Crippen molar-refractivity contribution in [3.8, 4) is 11.5 Å². The lowest BCUT2D eigenvalue weighted by Gasteiger charge is -2.08. The monoisotopic (exact) mass is 307 g/mol. The highest BCUT2D eigenvalue weighted by Gasteiger charge is 2.24. The number of carbonyl (C=O) groups is 1. The normalized spacial score (nSPS) is 19.1. The van der Waals surface area contributed by atoms with Crippen LogP contribution in [0.4, 0.5) is 4.39 Å². The number of benzene rings is 1. The molecule has 1 aromatic heterocycles. The van der Waals surface area contributed by atoms with E-state index in [9.17, 15) is 9.18 Å². The van der Waals surface area contributed by atoms with Crippen molar-refractivity contribution >= 4 is 17.7 Å². The number of carbonyl (C=O) groups excluding carboxylic acids is 1. The maximum atomic E-state index is 12.9. The summed E-state index contributed by atoms with van der Waals surface area (Å²) in [6.07, 6.45) is 2.79. The summed E-state index contributed by atoms with van der Waals surface area (Å²) >= 11 is 1.28. The molecule has 5 nitrogen and oxygen atoms in total. The Morgan fingerprint density at radius 3 is 2.86 bits per heavy atom. The van der Waals surface area contributed by atoms with E-state index in [0.29, 0.717) is 16.7 Å². The molecule has 0 unspecified atom stereocenters. The largest absolute Gasteiger partial charge is 0.411 e. The SMILES string of the molecule is O=C1NCCCC[C@@H]1Sc1nnc(-c2ccc(F)cc2)o1. The fraction of sp³-hybridized carbons (Fsp3) is 0.357. The lowest BCUT2D eigenvalue weighted by molar-refractivity contribution is -0.120. The van der Waals surface area contributed by atoms with Crippen LogP contribution >= 0.6 is 11.8 Å². The minimum absolute atomic E-state index is 0.0130. The number of thioether (sulfide) groups is 1. The van der Waals surface area contributed by atoms with Gasteiger partial charge >= 0.3 is 0 Å². The first-order valence-electron chi connectivity index (χ1n) is 6.76. The van der Waals surface area contributed by atoms with Crippen LogP contribution in [-0.4, -0.2) is 27.9 Å². The van der Waals surface area contributed by atoms with Gasteiger partial charge in [0.2, 0.25) is 11.8 Å². The van der Waals surface area contributed by atoms with E-state index in [-0.39, 0.29) is 17.0 Å². The van der Waals surface area contributed by atoms with E-state index in [1.54, 1.807) is 12.1 Å². The van der Waals surface area contributed by atoms with Gasteiger partial charge in [-0.2, -0.15) is 0 Å². The van der Waals surface area contributed by atoms with Crippen molar-refractivity contribution in [2.24, 2.45) is 0 Å². The van der Waals surface area contributed by atoms with Crippen LogP contribution in [-0.2, 0) is 4.79 Å². The number of rotatable bonds is 3. The Hall–Kier alpha value is -1.89. The van der Waals surface area contributed by atoms with E-state index in [2.05, 4.69) is 15.5 Å². The second kappa shape index (κ2) is 6.26. The van der Waals surface area contributed by atoms with Gasteiger partial charge in [-0.25, -0.2) is 4.39 Å². The zero-order valence-electron chi connectivity index (χ0n) is 11.2. The summed E-state index contributed by atoms with van der Waals surface area (Å²) in [4.78, 5) is 11.9. The van der Waals surface area contributed by atoms with Crippen LogP contribution < -0.4 is 5.32 Å². The fourth-order valence-electron chi connectivity index (χ4n) is 2.11. The highest BCUT2D eigenvalue weighted by atomic mass is 32.2. The zero-order chi connectivity index (χ0) is 14.7. The van der Waals surface area contributed by atoms with Gasteiger partial charge in [-0.15, -0.1) is 10.2 Å². The van der Waals surface area contributed by atoms with Gasteiger partial charge in [0, 0.05) is 12.1 Å². The van der Waals surface area contributed by atoms with Gasteiger partial charge < -0.3 is 9.73 Å². The van der Waals surface area contributed by atoms with E-state index in [4.69, 9.17) is 4.42 Å². The molecule has 0 bridgehead atoms. The van der Waals surface area contributed by atoms with Crippen LogP contribution in [0.1, 0.15) is 19.3 Å². The highest BCUT2D eigenvalue weighted by molar-refractivity contribution is 8.00. The van der Waals surface area contributed by atoms with Crippen LogP contribution in [0, 0.1) is 5.82 Å². The number of aromatic nitrogens is 2. The summed E-state index contributed by atoms with van der Waals surface area (Å²) < 4.78 is 18.4. The summed E-state index contributed by atoms with van der Waals surface area (Å²) in [5.74, 6) is 0.0218. The summed E-state index contributed by atoms with van der Waals surface area (Å²) in [7, 11) is 0. The molecule has 2 aromatic rings. The second-order valence-electron chi connectivity index (χ2n) is 4.77. The number of nitrogens with one attached hydrogen (secondary N) is 1. The highest BCUT2D eigenvalue weighted by Crippen LogP contribution is 2.29. The standard InChI is InChI=1S/C14H14FN3O2S/c15-10-6-4-9(5-7-10)13-17-18-14(20-13)21-11-3-1-2-8-16-12(11)19/h4-7,11H,1-3,8H2,(H,16,19)/t11-/m0/s1. The van der Waals surface area contributed by atoms with Gasteiger partial charge in [0.15, 0.2) is 0 Å². The first-order chi connectivity index (χ1) is 10.2. The van der Waals surface area contributed by atoms with Gasteiger partial charge in [0.1, 0.15) is 5.82 Å². The smallest absolute Gasteiger partial charge is 0.277 e. The molecule has 1 atom stereocenters. The maximum absolute atomic E-state index is 12.9. The van der Waals surface area contributed by atoms with Gasteiger partial charge in [0.25, 0.3) is 5.22 Å². The minimum atomic E-state index is -0.317. The topological polar surface area (TPSA) is 68.0 Å². The van der Waals surface area contributed by atoms with Gasteiger partial charge in [-0.3, -0.25) is 4.79 Å². The molecule has 21 heavy (non-hydrogen) atoms. The third-order valence-electron chi connectivity index (χ3n) is 3.23. The Morgan fingerprint density at radius 1 is 1.24 bits per heavy atom. The number of hydrogen-bond acceptors (Lipinski definition) is 5. The van der Waals surface area contributed by atoms with E-state index in [1.807, 2.05) is 0 Å². The number of nitrogens with zero attached hydrogens (tertiary/aromatic N) is 2. The predicted octanol–water partition coefficient (Wildman–Crippen LogP) is 2.64. The third kappa shape index (κ3) is 3.41. The number of halogens is 1. The molecule has 110 valence electrons. The molecule has 1 fully saturated rings. The molecule has 0 saturated carbocycles. The van der Waals surface area contributed by atoms with Gasteiger partial charge in [-0.1, -0.05) is 18.2 Å². The van der Waals surface area contributed by atoms with E-state index in [1.165, 1.54) is 23.9 Å². The second-order valence-corrected chi connectivity index (χ2v) is 5.93. The number of hydrogen-bond donors (Lipinski definition) is 1. The minimum Gasteiger partial charge on any atom is -0.411 e. The molecule has 0 aliphatic carbocycles. The number of amides is 1. The average molecular weight is 307 g/mol. The molecule has 7 heteroatoms. The molecule has 1 N–H and O–H groups in total. The molecule has 1 aromatic carbocycles. The Morgan fingerprint density at radius 2 is 2.05 bits per heavy atom. The molecule has 0 spiro atoms. The van der Waals surface area contributed by atoms with Crippen molar-refractivity contribution in [3.05, 3.63) is 30.1 Å². The fourth-order valence-corrected chi connectivity index (χ4v) is 3.05. The first kappa shape index (κ1) is 14.1. The lowest BCUT2D eigenvalue weighted by Crippen LogP contribution is -2.30. The predicted molar refractivity (Wildman–Crippen MR) is 76.2 cm³/mol. The third-order valence-corrected chi connectivity index (χ3v) is 4.33. The summed E-state index contributed by atoms with van der Waals surface area (Å²) in [6.45, 7) is 0.723. The quantitative estimate of drug-likeness (QED) is 0.944. The van der Waals surface area contributed by atoms with Crippen molar-refractivity contribution in [2.45, 2.75) is 29.7 Å². The summed E-state index contributed by atoms with van der Waals surface area (Å²) in [6, 6.07) is 5.83. The maximum Gasteiger partial charge on any atom is 0.277 e. The molecule has 0 radical (unpaired) electrons. The van der Waals surface area contributed by atoms with E-state index < -0.39 is 0 Å². The Kier molecular flexibility index (Phi) is 4.19. The average Bonchev–Trinajstić information content (AvgIpc) is 2.85. The van der Waals surface area contributed by atoms with Crippen LogP contribution in [0.5, 0.6) is 0 Å². The van der Waals surface area contributed by atoms with E-state index in [0.717, 1.165) is 25.8 Å². The summed E-state index contributed by atoms with van der Waals surface area (Å²) in [5, 5.41) is 10.9. The lowest BCUT2D eigenvalue weighted by atomic mass is 10.2.